The molecule has 2 aromatic carbocycles. The first kappa shape index (κ1) is 17.1. The zero-order valence-electron chi connectivity index (χ0n) is 11.1. The minimum absolute atomic E-state index is 0.818. The monoisotopic (exact) mass is 356 g/mol. The Balaban J connectivity index is 0.000000309. The first-order valence-electron chi connectivity index (χ1n) is 6.03. The summed E-state index contributed by atoms with van der Waals surface area (Å²) in [5.74, 6) is 0. The average molecular weight is 357 g/mol. The predicted octanol–water partition coefficient (Wildman–Crippen LogP) is 0.747. The lowest BCUT2D eigenvalue weighted by molar-refractivity contribution is -2.00. The van der Waals surface area contributed by atoms with E-state index >= 15 is 0 Å². The molecule has 3 aromatic rings. The molecule has 0 atom stereocenters. The van der Waals surface area contributed by atoms with Gasteiger partial charge >= 0.3 is 0 Å². The minimum Gasteiger partial charge on any atom is -0.222 e. The van der Waals surface area contributed by atoms with Gasteiger partial charge in [0.05, 0.1) is 10.4 Å². The number of halogens is 2. The van der Waals surface area contributed by atoms with E-state index in [0.29, 0.717) is 0 Å². The van der Waals surface area contributed by atoms with Crippen molar-refractivity contribution in [2.24, 2.45) is 0 Å². The summed E-state index contributed by atoms with van der Waals surface area (Å²) < 4.78 is 35.2. The quantitative estimate of drug-likeness (QED) is 0.601. The summed E-state index contributed by atoms with van der Waals surface area (Å²) in [4.78, 5) is 1.20. The van der Waals surface area contributed by atoms with Crippen LogP contribution in [0.5, 0.6) is 0 Å². The summed E-state index contributed by atoms with van der Waals surface area (Å²) >= 11 is 8.09. The van der Waals surface area contributed by atoms with Crippen molar-refractivity contribution >= 4 is 33.0 Å². The summed E-state index contributed by atoms with van der Waals surface area (Å²) in [7, 11) is -4.94. The van der Waals surface area contributed by atoms with E-state index in [1.54, 1.807) is 11.3 Å². The lowest BCUT2D eigenvalue weighted by atomic mass is 10.2. The maximum atomic E-state index is 8.49. The second kappa shape index (κ2) is 7.30. The van der Waals surface area contributed by atoms with Crippen molar-refractivity contribution < 1.29 is 28.9 Å². The van der Waals surface area contributed by atoms with Crippen LogP contribution in [-0.4, -0.2) is 0 Å². The van der Waals surface area contributed by atoms with Crippen molar-refractivity contribution in [1.29, 1.82) is 0 Å². The highest BCUT2D eigenvalue weighted by molar-refractivity contribution is 7.21. The Morgan fingerprint density at radius 3 is 2.00 bits per heavy atom. The summed E-state index contributed by atoms with van der Waals surface area (Å²) in [5, 5.41) is 1.94. The Hall–Kier alpha value is -1.31. The highest BCUT2D eigenvalue weighted by Crippen LogP contribution is 2.34. The van der Waals surface area contributed by atoms with Gasteiger partial charge in [0.15, 0.2) is 0 Å². The first-order chi connectivity index (χ1) is 10.3. The van der Waals surface area contributed by atoms with Gasteiger partial charge in [0.2, 0.25) is 20.9 Å². The van der Waals surface area contributed by atoms with Crippen LogP contribution in [0.2, 0.25) is 5.02 Å². The molecule has 0 aliphatic heterocycles. The fraction of sp³-hybridized carbons (Fsp3) is 0. The normalized spacial score (nSPS) is 11.0. The molecule has 7 heteroatoms. The maximum absolute atomic E-state index is 8.49. The number of benzene rings is 2. The molecular formula is C15H10Cl2O4S. The van der Waals surface area contributed by atoms with E-state index in [0.717, 1.165) is 10.4 Å². The molecule has 0 fully saturated rings. The topological polar surface area (TPSA) is 92.2 Å². The molecule has 0 spiro atoms. The third-order valence-electron chi connectivity index (χ3n) is 2.68. The molecule has 0 N–H and O–H groups in total. The van der Waals surface area contributed by atoms with Crippen LogP contribution in [0, 0.1) is 10.2 Å². The predicted molar refractivity (Wildman–Crippen MR) is 76.7 cm³/mol. The molecule has 4 nitrogen and oxygen atoms in total. The van der Waals surface area contributed by atoms with Gasteiger partial charge in [0, 0.05) is 17.7 Å². The molecule has 0 unspecified atom stereocenters. The second-order valence-electron chi connectivity index (χ2n) is 4.20. The molecule has 0 amide bonds. The zero-order valence-corrected chi connectivity index (χ0v) is 13.4. The van der Waals surface area contributed by atoms with Gasteiger partial charge in [0.1, 0.15) is 0 Å². The van der Waals surface area contributed by atoms with Crippen molar-refractivity contribution in [2.45, 2.75) is 0 Å². The van der Waals surface area contributed by atoms with Crippen LogP contribution in [0.3, 0.4) is 0 Å². The van der Waals surface area contributed by atoms with E-state index in [-0.39, 0.29) is 0 Å². The van der Waals surface area contributed by atoms with Gasteiger partial charge in [-0.2, -0.15) is 0 Å². The Bertz CT molecular complexity index is 754. The van der Waals surface area contributed by atoms with Crippen molar-refractivity contribution in [3.05, 3.63) is 65.7 Å². The molecule has 22 heavy (non-hydrogen) atoms. The Labute approximate surface area is 138 Å². The molecule has 0 aliphatic rings. The Kier molecular flexibility index (Phi) is 5.66. The van der Waals surface area contributed by atoms with Gasteiger partial charge in [-0.3, -0.25) is 0 Å². The standard InChI is InChI=1S/C15H10ClS.ClHO4/c16-13-10-15(11-6-2-1-3-7-11)17-14-9-5-4-8-12(13)14;2-1(3,4)5/h1-10H;(H,2,3,4,5)/q+1;/p-1. The molecule has 1 aromatic heterocycles. The third-order valence-corrected chi connectivity index (χ3v) is 4.14. The molecular weight excluding hydrogens is 347 g/mol. The molecule has 114 valence electrons. The maximum Gasteiger partial charge on any atom is 0.240 e. The van der Waals surface area contributed by atoms with Crippen LogP contribution in [-0.2, 0) is 0 Å². The van der Waals surface area contributed by atoms with E-state index in [1.165, 1.54) is 15.1 Å². The lowest BCUT2D eigenvalue weighted by Gasteiger charge is -2.17. The molecule has 0 radical (unpaired) electrons. The van der Waals surface area contributed by atoms with Crippen molar-refractivity contribution in [3.63, 3.8) is 0 Å². The molecule has 3 rings (SSSR count). The number of fused-ring (bicyclic) bond motifs is 1. The number of hydrogen-bond acceptors (Lipinski definition) is 4. The highest BCUT2D eigenvalue weighted by atomic mass is 35.7. The second-order valence-corrected chi connectivity index (χ2v) is 6.45. The zero-order chi connectivity index (χ0) is 16.2. The Morgan fingerprint density at radius 1 is 0.818 bits per heavy atom. The van der Waals surface area contributed by atoms with E-state index in [1.807, 2.05) is 36.4 Å². The van der Waals surface area contributed by atoms with Crippen molar-refractivity contribution in [3.8, 4) is 10.4 Å². The smallest absolute Gasteiger partial charge is 0.222 e. The van der Waals surface area contributed by atoms with E-state index in [9.17, 15) is 0 Å². The van der Waals surface area contributed by atoms with Crippen LogP contribution < -0.4 is 18.6 Å². The SMILES string of the molecule is Clc1cc(-c2ccccc2)[s+]c2ccccc12.[O-][Cl+3]([O-])([O-])[O-]. The van der Waals surface area contributed by atoms with E-state index in [2.05, 4.69) is 24.3 Å². The van der Waals surface area contributed by atoms with E-state index in [4.69, 9.17) is 30.2 Å². The minimum atomic E-state index is -4.94. The summed E-state index contributed by atoms with van der Waals surface area (Å²) in [5.41, 5.74) is 1.21. The van der Waals surface area contributed by atoms with Crippen LogP contribution in [0.25, 0.3) is 20.5 Å². The largest absolute Gasteiger partial charge is 0.240 e. The highest BCUT2D eigenvalue weighted by Gasteiger charge is 2.15. The molecule has 0 saturated heterocycles. The van der Waals surface area contributed by atoms with Gasteiger partial charge < -0.3 is 0 Å². The van der Waals surface area contributed by atoms with Gasteiger partial charge in [-0.15, -0.1) is 10.2 Å². The van der Waals surface area contributed by atoms with E-state index < -0.39 is 10.2 Å². The fourth-order valence-corrected chi connectivity index (χ4v) is 3.34. The van der Waals surface area contributed by atoms with Crippen LogP contribution >= 0.6 is 22.9 Å². The number of rotatable bonds is 1. The molecule has 0 aliphatic carbocycles. The third kappa shape index (κ3) is 5.15. The molecule has 0 saturated carbocycles. The molecule has 0 bridgehead atoms. The first-order valence-corrected chi connectivity index (χ1v) is 8.46. The van der Waals surface area contributed by atoms with Crippen LogP contribution in [0.15, 0.2) is 60.7 Å². The summed E-state index contributed by atoms with van der Waals surface area (Å²) in [6.45, 7) is 0. The molecule has 1 heterocycles. The van der Waals surface area contributed by atoms with Crippen molar-refractivity contribution in [1.82, 2.24) is 0 Å². The van der Waals surface area contributed by atoms with Gasteiger partial charge in [-0.05, 0) is 18.2 Å². The van der Waals surface area contributed by atoms with Crippen molar-refractivity contribution in [2.75, 3.05) is 0 Å². The Morgan fingerprint density at radius 2 is 1.36 bits per heavy atom. The summed E-state index contributed by atoms with van der Waals surface area (Å²) in [6, 6.07) is 20.6. The summed E-state index contributed by atoms with van der Waals surface area (Å²) in [6.07, 6.45) is 0. The van der Waals surface area contributed by atoms with Crippen LogP contribution in [0.4, 0.5) is 0 Å². The van der Waals surface area contributed by atoms with Crippen LogP contribution in [0.1, 0.15) is 0 Å². The number of hydrogen-bond donors (Lipinski definition) is 0. The average Bonchev–Trinajstić information content (AvgIpc) is 2.46. The lowest BCUT2D eigenvalue weighted by Crippen LogP contribution is -2.68. The van der Waals surface area contributed by atoms with Gasteiger partial charge in [-0.25, -0.2) is 18.6 Å². The van der Waals surface area contributed by atoms with Gasteiger partial charge in [0.25, 0.3) is 0 Å². The van der Waals surface area contributed by atoms with Gasteiger partial charge in [-0.1, -0.05) is 41.9 Å². The fourth-order valence-electron chi connectivity index (χ4n) is 1.84.